The van der Waals surface area contributed by atoms with Crippen LogP contribution in [0.3, 0.4) is 0 Å². The summed E-state index contributed by atoms with van der Waals surface area (Å²) < 4.78 is 5.27. The van der Waals surface area contributed by atoms with Crippen LogP contribution in [-0.4, -0.2) is 31.6 Å². The molecule has 1 rings (SSSR count). The van der Waals surface area contributed by atoms with E-state index in [2.05, 4.69) is 22.5 Å². The van der Waals surface area contributed by atoms with Gasteiger partial charge < -0.3 is 21.1 Å². The summed E-state index contributed by atoms with van der Waals surface area (Å²) in [5.41, 5.74) is 6.06. The molecule has 0 saturated carbocycles. The molecule has 0 aliphatic heterocycles. The van der Waals surface area contributed by atoms with E-state index in [9.17, 15) is 4.79 Å². The second-order valence-corrected chi connectivity index (χ2v) is 4.52. The quantitative estimate of drug-likeness (QED) is 0.493. The molecule has 4 N–H and O–H groups in total. The number of rotatable bonds is 8. The molecule has 6 heteroatoms. The van der Waals surface area contributed by atoms with Crippen LogP contribution in [0, 0.1) is 0 Å². The number of primary amides is 1. The van der Waals surface area contributed by atoms with E-state index in [0.717, 1.165) is 31.0 Å². The van der Waals surface area contributed by atoms with Crippen LogP contribution in [0.5, 0.6) is 5.75 Å². The molecule has 0 aliphatic rings. The topological polar surface area (TPSA) is 88.7 Å². The lowest BCUT2D eigenvalue weighted by atomic mass is 10.2. The molecule has 0 saturated heterocycles. The Morgan fingerprint density at radius 2 is 2.14 bits per heavy atom. The molecule has 0 fully saturated rings. The van der Waals surface area contributed by atoms with E-state index in [1.54, 1.807) is 6.07 Å². The molecule has 1 amide bonds. The molecule has 1 aromatic rings. The summed E-state index contributed by atoms with van der Waals surface area (Å²) in [6.45, 7) is 6.25. The Morgan fingerprint density at radius 1 is 1.33 bits per heavy atom. The van der Waals surface area contributed by atoms with Crippen LogP contribution in [-0.2, 0) is 11.3 Å². The number of carbonyl (C=O) groups excluding carboxylic acids is 1. The zero-order valence-corrected chi connectivity index (χ0v) is 12.7. The Morgan fingerprint density at radius 3 is 2.81 bits per heavy atom. The third-order valence-electron chi connectivity index (χ3n) is 2.59. The third-order valence-corrected chi connectivity index (χ3v) is 2.59. The summed E-state index contributed by atoms with van der Waals surface area (Å²) in [5, 5.41) is 6.43. The third kappa shape index (κ3) is 7.20. The lowest BCUT2D eigenvalue weighted by Crippen LogP contribution is -2.37. The Kier molecular flexibility index (Phi) is 7.71. The van der Waals surface area contributed by atoms with Crippen LogP contribution in [0.4, 0.5) is 0 Å². The van der Waals surface area contributed by atoms with E-state index in [-0.39, 0.29) is 6.61 Å². The first-order chi connectivity index (χ1) is 10.2. The van der Waals surface area contributed by atoms with Gasteiger partial charge in [-0.15, -0.1) is 0 Å². The highest BCUT2D eigenvalue weighted by atomic mass is 16.5. The van der Waals surface area contributed by atoms with E-state index >= 15 is 0 Å². The fraction of sp³-hybridized carbons (Fsp3) is 0.467. The van der Waals surface area contributed by atoms with Gasteiger partial charge in [-0.2, -0.15) is 0 Å². The molecule has 0 unspecified atom stereocenters. The van der Waals surface area contributed by atoms with Crippen LogP contribution < -0.4 is 21.1 Å². The van der Waals surface area contributed by atoms with Gasteiger partial charge in [-0.25, -0.2) is 4.99 Å². The van der Waals surface area contributed by atoms with Crippen LogP contribution in [0.15, 0.2) is 29.3 Å². The van der Waals surface area contributed by atoms with E-state index in [4.69, 9.17) is 10.5 Å². The van der Waals surface area contributed by atoms with Crippen LogP contribution >= 0.6 is 0 Å². The number of benzene rings is 1. The van der Waals surface area contributed by atoms with Crippen LogP contribution in [0.2, 0.25) is 0 Å². The van der Waals surface area contributed by atoms with Gasteiger partial charge in [-0.3, -0.25) is 4.79 Å². The van der Waals surface area contributed by atoms with E-state index in [1.807, 2.05) is 25.1 Å². The molecule has 0 aromatic heterocycles. The molecule has 1 aromatic carbocycles. The van der Waals surface area contributed by atoms with Crippen LogP contribution in [0.1, 0.15) is 25.8 Å². The van der Waals surface area contributed by atoms with Crippen molar-refractivity contribution in [3.8, 4) is 5.75 Å². The molecule has 0 bridgehead atoms. The average molecular weight is 292 g/mol. The Balaban J connectivity index is 2.63. The second kappa shape index (κ2) is 9.63. The molecule has 0 radical (unpaired) electrons. The molecular weight excluding hydrogens is 268 g/mol. The lowest BCUT2D eigenvalue weighted by molar-refractivity contribution is -0.119. The number of ether oxygens (including phenoxy) is 1. The number of aliphatic imine (C=N–C) groups is 1. The normalized spacial score (nSPS) is 11.0. The number of hydrogen-bond donors (Lipinski definition) is 3. The fourth-order valence-electron chi connectivity index (χ4n) is 1.64. The minimum Gasteiger partial charge on any atom is -0.484 e. The summed E-state index contributed by atoms with van der Waals surface area (Å²) in [6.07, 6.45) is 1.04. The highest BCUT2D eigenvalue weighted by Gasteiger charge is 2.00. The zero-order chi connectivity index (χ0) is 15.5. The van der Waals surface area contributed by atoms with E-state index in [1.165, 1.54) is 0 Å². The maximum absolute atomic E-state index is 10.7. The smallest absolute Gasteiger partial charge is 0.255 e. The lowest BCUT2D eigenvalue weighted by Gasteiger charge is -2.10. The van der Waals surface area contributed by atoms with Crippen molar-refractivity contribution in [2.75, 3.05) is 19.7 Å². The molecule has 21 heavy (non-hydrogen) atoms. The number of nitrogens with one attached hydrogen (secondary N) is 2. The van der Waals surface area contributed by atoms with Gasteiger partial charge in [0.1, 0.15) is 5.75 Å². The highest BCUT2D eigenvalue weighted by Crippen LogP contribution is 2.13. The van der Waals surface area contributed by atoms with Gasteiger partial charge >= 0.3 is 0 Å². The maximum Gasteiger partial charge on any atom is 0.255 e. The number of hydrogen-bond acceptors (Lipinski definition) is 3. The molecule has 0 spiro atoms. The van der Waals surface area contributed by atoms with Gasteiger partial charge in [0.05, 0.1) is 6.54 Å². The molecule has 6 nitrogen and oxygen atoms in total. The van der Waals surface area contributed by atoms with Gasteiger partial charge in [0, 0.05) is 13.1 Å². The van der Waals surface area contributed by atoms with Crippen molar-refractivity contribution >= 4 is 11.9 Å². The Hall–Kier alpha value is -2.24. The molecule has 0 aliphatic carbocycles. The monoisotopic (exact) mass is 292 g/mol. The molecular formula is C15H24N4O2. The minimum absolute atomic E-state index is 0.118. The zero-order valence-electron chi connectivity index (χ0n) is 12.7. The predicted octanol–water partition coefficient (Wildman–Crippen LogP) is 1.02. The van der Waals surface area contributed by atoms with Crippen molar-refractivity contribution < 1.29 is 9.53 Å². The van der Waals surface area contributed by atoms with Crippen molar-refractivity contribution in [2.24, 2.45) is 10.7 Å². The van der Waals surface area contributed by atoms with Crippen molar-refractivity contribution in [3.63, 3.8) is 0 Å². The molecule has 0 heterocycles. The first kappa shape index (κ1) is 16.8. The molecule has 116 valence electrons. The summed E-state index contributed by atoms with van der Waals surface area (Å²) in [6, 6.07) is 7.48. The number of nitrogens with two attached hydrogens (primary N) is 1. The average Bonchev–Trinajstić information content (AvgIpc) is 2.48. The van der Waals surface area contributed by atoms with E-state index < -0.39 is 5.91 Å². The summed E-state index contributed by atoms with van der Waals surface area (Å²) in [5.74, 6) is 0.924. The van der Waals surface area contributed by atoms with Gasteiger partial charge in [-0.1, -0.05) is 19.1 Å². The van der Waals surface area contributed by atoms with E-state index in [0.29, 0.717) is 12.3 Å². The number of guanidine groups is 1. The first-order valence-electron chi connectivity index (χ1n) is 7.18. The maximum atomic E-state index is 10.7. The van der Waals surface area contributed by atoms with Crippen molar-refractivity contribution in [1.29, 1.82) is 0 Å². The SMILES string of the molecule is CCCNC(=NCc1cccc(OCC(N)=O)c1)NCC. The number of amides is 1. The van der Waals surface area contributed by atoms with Gasteiger partial charge in [0.15, 0.2) is 12.6 Å². The van der Waals surface area contributed by atoms with Gasteiger partial charge in [0.25, 0.3) is 5.91 Å². The van der Waals surface area contributed by atoms with Crippen molar-refractivity contribution in [1.82, 2.24) is 10.6 Å². The largest absolute Gasteiger partial charge is 0.484 e. The number of nitrogens with zero attached hydrogens (tertiary/aromatic N) is 1. The number of carbonyl (C=O) groups is 1. The summed E-state index contributed by atoms with van der Waals surface area (Å²) in [7, 11) is 0. The Bertz CT molecular complexity index is 474. The van der Waals surface area contributed by atoms with Crippen molar-refractivity contribution in [2.45, 2.75) is 26.8 Å². The van der Waals surface area contributed by atoms with Crippen molar-refractivity contribution in [3.05, 3.63) is 29.8 Å². The molecule has 0 atom stereocenters. The van der Waals surface area contributed by atoms with Gasteiger partial charge in [0.2, 0.25) is 0 Å². The fourth-order valence-corrected chi connectivity index (χ4v) is 1.64. The highest BCUT2D eigenvalue weighted by molar-refractivity contribution is 5.79. The standard InChI is InChI=1S/C15H24N4O2/c1-3-8-18-15(17-4-2)19-10-12-6-5-7-13(9-12)21-11-14(16)20/h5-7,9H,3-4,8,10-11H2,1-2H3,(H2,16,20)(H2,17,18,19). The van der Waals surface area contributed by atoms with Gasteiger partial charge in [-0.05, 0) is 31.0 Å². The summed E-state index contributed by atoms with van der Waals surface area (Å²) >= 11 is 0. The second-order valence-electron chi connectivity index (χ2n) is 4.52. The predicted molar refractivity (Wildman–Crippen MR) is 84.2 cm³/mol. The van der Waals surface area contributed by atoms with Crippen LogP contribution in [0.25, 0.3) is 0 Å². The Labute approximate surface area is 125 Å². The summed E-state index contributed by atoms with van der Waals surface area (Å²) in [4.78, 5) is 15.2. The minimum atomic E-state index is -0.489. The first-order valence-corrected chi connectivity index (χ1v) is 7.18.